The van der Waals surface area contributed by atoms with Crippen LogP contribution in [0.15, 0.2) is 18.3 Å². The minimum atomic E-state index is 0.484. The standard InChI is InChI=1S/C15H27N3O/c1-12(2)13(3)18(4)15-7-6-14(11-17-15)10-16-8-9-19-5/h6-7,11-13,16H,8-10H2,1-5H3. The highest BCUT2D eigenvalue weighted by atomic mass is 16.5. The molecule has 19 heavy (non-hydrogen) atoms. The molecule has 4 heteroatoms. The fraction of sp³-hybridized carbons (Fsp3) is 0.667. The molecule has 0 fully saturated rings. The van der Waals surface area contributed by atoms with Crippen molar-refractivity contribution < 1.29 is 4.74 Å². The fourth-order valence-corrected chi connectivity index (χ4v) is 1.79. The molecule has 1 aromatic rings. The van der Waals surface area contributed by atoms with Crippen LogP contribution in [0.4, 0.5) is 5.82 Å². The number of methoxy groups -OCH3 is 1. The van der Waals surface area contributed by atoms with Crippen LogP contribution in [0.5, 0.6) is 0 Å². The molecule has 0 aliphatic carbocycles. The van der Waals surface area contributed by atoms with E-state index in [9.17, 15) is 0 Å². The highest BCUT2D eigenvalue weighted by Gasteiger charge is 2.14. The molecule has 1 unspecified atom stereocenters. The van der Waals surface area contributed by atoms with Crippen molar-refractivity contribution in [3.05, 3.63) is 23.9 Å². The monoisotopic (exact) mass is 265 g/mol. The lowest BCUT2D eigenvalue weighted by Gasteiger charge is -2.29. The zero-order valence-electron chi connectivity index (χ0n) is 12.8. The molecule has 0 bridgehead atoms. The van der Waals surface area contributed by atoms with E-state index in [0.717, 1.165) is 25.5 Å². The van der Waals surface area contributed by atoms with Gasteiger partial charge in [0.25, 0.3) is 0 Å². The third-order valence-electron chi connectivity index (χ3n) is 3.56. The average molecular weight is 265 g/mol. The highest BCUT2D eigenvalue weighted by molar-refractivity contribution is 5.39. The van der Waals surface area contributed by atoms with Crippen molar-refractivity contribution in [1.29, 1.82) is 0 Å². The molecular formula is C15H27N3O. The molecular weight excluding hydrogens is 238 g/mol. The summed E-state index contributed by atoms with van der Waals surface area (Å²) in [6, 6.07) is 4.70. The van der Waals surface area contributed by atoms with Gasteiger partial charge in [0.05, 0.1) is 6.61 Å². The molecule has 0 saturated carbocycles. The SMILES string of the molecule is COCCNCc1ccc(N(C)C(C)C(C)C)nc1. The Balaban J connectivity index is 2.51. The summed E-state index contributed by atoms with van der Waals surface area (Å²) in [6.45, 7) is 9.12. The van der Waals surface area contributed by atoms with Gasteiger partial charge in [0.2, 0.25) is 0 Å². The van der Waals surface area contributed by atoms with Crippen LogP contribution >= 0.6 is 0 Å². The Morgan fingerprint density at radius 3 is 2.58 bits per heavy atom. The Labute approximate surface area is 117 Å². The first-order chi connectivity index (χ1) is 9.06. The smallest absolute Gasteiger partial charge is 0.128 e. The van der Waals surface area contributed by atoms with E-state index in [1.54, 1.807) is 7.11 Å². The lowest BCUT2D eigenvalue weighted by molar-refractivity contribution is 0.199. The van der Waals surface area contributed by atoms with E-state index in [-0.39, 0.29) is 0 Å². The molecule has 0 saturated heterocycles. The quantitative estimate of drug-likeness (QED) is 0.732. The van der Waals surface area contributed by atoms with E-state index in [4.69, 9.17) is 4.74 Å². The fourth-order valence-electron chi connectivity index (χ4n) is 1.79. The van der Waals surface area contributed by atoms with Gasteiger partial charge in [-0.05, 0) is 24.5 Å². The van der Waals surface area contributed by atoms with Gasteiger partial charge in [-0.3, -0.25) is 0 Å². The topological polar surface area (TPSA) is 37.4 Å². The van der Waals surface area contributed by atoms with Crippen LogP contribution in [-0.2, 0) is 11.3 Å². The largest absolute Gasteiger partial charge is 0.383 e. The molecule has 0 aromatic carbocycles. The van der Waals surface area contributed by atoms with Gasteiger partial charge in [-0.15, -0.1) is 0 Å². The summed E-state index contributed by atoms with van der Waals surface area (Å²) in [5.41, 5.74) is 1.20. The van der Waals surface area contributed by atoms with Gasteiger partial charge in [0.15, 0.2) is 0 Å². The zero-order chi connectivity index (χ0) is 14.3. The van der Waals surface area contributed by atoms with Crippen LogP contribution in [0.25, 0.3) is 0 Å². The molecule has 1 rings (SSSR count). The number of nitrogens with zero attached hydrogens (tertiary/aromatic N) is 2. The van der Waals surface area contributed by atoms with Crippen molar-refractivity contribution in [3.8, 4) is 0 Å². The van der Waals surface area contributed by atoms with Crippen molar-refractivity contribution >= 4 is 5.82 Å². The summed E-state index contributed by atoms with van der Waals surface area (Å²) in [4.78, 5) is 6.76. The number of nitrogens with one attached hydrogen (secondary N) is 1. The first kappa shape index (κ1) is 15.9. The normalized spacial score (nSPS) is 12.7. The van der Waals surface area contributed by atoms with E-state index in [1.165, 1.54) is 5.56 Å². The van der Waals surface area contributed by atoms with Crippen molar-refractivity contribution in [3.63, 3.8) is 0 Å². The summed E-state index contributed by atoms with van der Waals surface area (Å²) in [7, 11) is 3.81. The lowest BCUT2D eigenvalue weighted by Crippen LogP contribution is -2.33. The molecule has 0 spiro atoms. The van der Waals surface area contributed by atoms with Gasteiger partial charge in [0, 0.05) is 39.5 Å². The Morgan fingerprint density at radius 1 is 1.32 bits per heavy atom. The summed E-state index contributed by atoms with van der Waals surface area (Å²) in [6.07, 6.45) is 1.94. The average Bonchev–Trinajstić information content (AvgIpc) is 2.42. The van der Waals surface area contributed by atoms with E-state index >= 15 is 0 Å². The zero-order valence-corrected chi connectivity index (χ0v) is 12.8. The van der Waals surface area contributed by atoms with E-state index in [0.29, 0.717) is 12.0 Å². The lowest BCUT2D eigenvalue weighted by atomic mass is 10.1. The highest BCUT2D eigenvalue weighted by Crippen LogP contribution is 2.16. The number of rotatable bonds is 8. The van der Waals surface area contributed by atoms with Crippen LogP contribution in [0.2, 0.25) is 0 Å². The molecule has 4 nitrogen and oxygen atoms in total. The van der Waals surface area contributed by atoms with E-state index < -0.39 is 0 Å². The molecule has 0 amide bonds. The molecule has 0 aliphatic heterocycles. The molecule has 1 N–H and O–H groups in total. The molecule has 1 atom stereocenters. The summed E-state index contributed by atoms with van der Waals surface area (Å²) in [5, 5.41) is 3.31. The maximum absolute atomic E-state index is 4.99. The van der Waals surface area contributed by atoms with Crippen molar-refractivity contribution in [2.75, 3.05) is 32.2 Å². The van der Waals surface area contributed by atoms with E-state index in [1.807, 2.05) is 6.20 Å². The molecule has 1 heterocycles. The van der Waals surface area contributed by atoms with Crippen LogP contribution < -0.4 is 10.2 Å². The number of aromatic nitrogens is 1. The predicted molar refractivity (Wildman–Crippen MR) is 80.5 cm³/mol. The minimum absolute atomic E-state index is 0.484. The molecule has 0 aliphatic rings. The van der Waals surface area contributed by atoms with Crippen LogP contribution in [0.1, 0.15) is 26.3 Å². The number of hydrogen-bond donors (Lipinski definition) is 1. The maximum Gasteiger partial charge on any atom is 0.128 e. The van der Waals surface area contributed by atoms with Crippen LogP contribution in [0, 0.1) is 5.92 Å². The van der Waals surface area contributed by atoms with Crippen LogP contribution in [0.3, 0.4) is 0 Å². The number of hydrogen-bond acceptors (Lipinski definition) is 4. The number of anilines is 1. The first-order valence-electron chi connectivity index (χ1n) is 6.93. The van der Waals surface area contributed by atoms with Gasteiger partial charge in [-0.25, -0.2) is 4.98 Å². The first-order valence-corrected chi connectivity index (χ1v) is 6.93. The summed E-state index contributed by atoms with van der Waals surface area (Å²) in [5.74, 6) is 1.64. The molecule has 0 radical (unpaired) electrons. The van der Waals surface area contributed by atoms with Crippen molar-refractivity contribution in [2.45, 2.75) is 33.4 Å². The van der Waals surface area contributed by atoms with Gasteiger partial charge in [0.1, 0.15) is 5.82 Å². The van der Waals surface area contributed by atoms with Gasteiger partial charge < -0.3 is 15.0 Å². The predicted octanol–water partition coefficient (Wildman–Crippen LogP) is 2.30. The van der Waals surface area contributed by atoms with Crippen LogP contribution in [-0.4, -0.2) is 38.3 Å². The summed E-state index contributed by atoms with van der Waals surface area (Å²) >= 11 is 0. The number of ether oxygens (including phenoxy) is 1. The Hall–Kier alpha value is -1.13. The minimum Gasteiger partial charge on any atom is -0.383 e. The van der Waals surface area contributed by atoms with Crippen molar-refractivity contribution in [1.82, 2.24) is 10.3 Å². The van der Waals surface area contributed by atoms with Gasteiger partial charge >= 0.3 is 0 Å². The van der Waals surface area contributed by atoms with Gasteiger partial charge in [-0.1, -0.05) is 19.9 Å². The summed E-state index contributed by atoms with van der Waals surface area (Å²) < 4.78 is 4.99. The Kier molecular flexibility index (Phi) is 6.81. The Bertz CT molecular complexity index is 351. The van der Waals surface area contributed by atoms with Gasteiger partial charge in [-0.2, -0.15) is 0 Å². The second-order valence-corrected chi connectivity index (χ2v) is 5.29. The molecule has 108 valence electrons. The third kappa shape index (κ3) is 5.17. The maximum atomic E-state index is 4.99. The second kappa shape index (κ2) is 8.12. The number of pyridine rings is 1. The third-order valence-corrected chi connectivity index (χ3v) is 3.56. The Morgan fingerprint density at radius 2 is 2.05 bits per heavy atom. The second-order valence-electron chi connectivity index (χ2n) is 5.29. The molecule has 1 aromatic heterocycles. The van der Waals surface area contributed by atoms with E-state index in [2.05, 4.69) is 55.2 Å². The van der Waals surface area contributed by atoms with Crippen molar-refractivity contribution in [2.24, 2.45) is 5.92 Å².